The summed E-state index contributed by atoms with van der Waals surface area (Å²) < 4.78 is 15.5. The molecule has 3 aromatic carbocycles. The lowest BCUT2D eigenvalue weighted by molar-refractivity contribution is 0.0945. The number of nitrogens with zero attached hydrogens (tertiary/aromatic N) is 4. The Morgan fingerprint density at radius 3 is 2.63 bits per heavy atom. The minimum Gasteiger partial charge on any atom is -0.507 e. The highest BCUT2D eigenvalue weighted by molar-refractivity contribution is 5.96. The second-order valence-electron chi connectivity index (χ2n) is 9.98. The van der Waals surface area contributed by atoms with Crippen molar-refractivity contribution in [3.05, 3.63) is 126 Å². The van der Waals surface area contributed by atoms with E-state index in [1.807, 2.05) is 48.1 Å². The summed E-state index contributed by atoms with van der Waals surface area (Å²) in [6.07, 6.45) is 4.32. The third-order valence-electron chi connectivity index (χ3n) is 6.72. The van der Waals surface area contributed by atoms with Gasteiger partial charge in [-0.15, -0.1) is 0 Å². The maximum Gasteiger partial charge on any atom is 0.255 e. The number of carbonyl (C=O) groups is 1. The number of hydrogen-bond acceptors (Lipinski definition) is 5. The largest absolute Gasteiger partial charge is 0.507 e. The van der Waals surface area contributed by atoms with E-state index < -0.39 is 0 Å². The van der Waals surface area contributed by atoms with Gasteiger partial charge in [-0.3, -0.25) is 14.5 Å². The second kappa shape index (κ2) is 12.3. The van der Waals surface area contributed by atoms with Crippen molar-refractivity contribution >= 4 is 5.91 Å². The lowest BCUT2D eigenvalue weighted by atomic mass is 9.99. The Kier molecular flexibility index (Phi) is 8.16. The molecule has 204 valence electrons. The quantitative estimate of drug-likeness (QED) is 0.237. The molecule has 0 spiro atoms. The van der Waals surface area contributed by atoms with Gasteiger partial charge in [-0.2, -0.15) is 10.4 Å². The Morgan fingerprint density at radius 2 is 1.85 bits per heavy atom. The van der Waals surface area contributed by atoms with Crippen LogP contribution in [0.1, 0.15) is 34.1 Å². The molecule has 5 rings (SSSR count). The fraction of sp³-hybridized carbons (Fsp3) is 0.152. The molecule has 7 nitrogen and oxygen atoms in total. The van der Waals surface area contributed by atoms with Crippen molar-refractivity contribution in [3.63, 3.8) is 0 Å². The van der Waals surface area contributed by atoms with Gasteiger partial charge in [0.15, 0.2) is 0 Å². The highest BCUT2D eigenvalue weighted by Crippen LogP contribution is 2.32. The van der Waals surface area contributed by atoms with Crippen LogP contribution in [0.15, 0.2) is 97.3 Å². The minimum absolute atomic E-state index is 0.0534. The fourth-order valence-electron chi connectivity index (χ4n) is 4.68. The molecule has 0 radical (unpaired) electrons. The van der Waals surface area contributed by atoms with Gasteiger partial charge in [-0.05, 0) is 84.1 Å². The van der Waals surface area contributed by atoms with Gasteiger partial charge in [0.05, 0.1) is 23.7 Å². The van der Waals surface area contributed by atoms with Crippen LogP contribution in [0, 0.1) is 23.1 Å². The first kappa shape index (κ1) is 27.3. The molecule has 1 atom stereocenters. The van der Waals surface area contributed by atoms with Crippen molar-refractivity contribution < 1.29 is 14.3 Å². The molecular weight excluding hydrogens is 517 g/mol. The molecule has 0 fully saturated rings. The number of aromatic hydroxyl groups is 1. The number of halogens is 1. The van der Waals surface area contributed by atoms with Gasteiger partial charge >= 0.3 is 0 Å². The predicted molar refractivity (Wildman–Crippen MR) is 154 cm³/mol. The van der Waals surface area contributed by atoms with E-state index in [1.54, 1.807) is 42.6 Å². The number of amides is 1. The van der Waals surface area contributed by atoms with Crippen molar-refractivity contribution in [1.29, 1.82) is 5.26 Å². The van der Waals surface area contributed by atoms with Crippen molar-refractivity contribution in [2.24, 2.45) is 5.92 Å². The molecule has 0 saturated heterocycles. The summed E-state index contributed by atoms with van der Waals surface area (Å²) >= 11 is 0. The molecule has 0 aliphatic heterocycles. The molecular formula is C33H28FN5O2. The van der Waals surface area contributed by atoms with Crippen LogP contribution in [-0.4, -0.2) is 32.3 Å². The van der Waals surface area contributed by atoms with E-state index in [-0.39, 0.29) is 29.0 Å². The zero-order valence-electron chi connectivity index (χ0n) is 22.5. The molecule has 5 aromatic rings. The molecule has 1 unspecified atom stereocenters. The molecule has 2 heterocycles. The molecule has 0 aliphatic carbocycles. The van der Waals surface area contributed by atoms with Crippen LogP contribution in [0.4, 0.5) is 4.39 Å². The number of para-hydroxylation sites is 1. The van der Waals surface area contributed by atoms with Crippen LogP contribution >= 0.6 is 0 Å². The zero-order valence-corrected chi connectivity index (χ0v) is 22.5. The Labute approximate surface area is 237 Å². The standard InChI is InChI=1S/C33H28FN5O2/c1-22(19-37-33(41)29-7-2-3-8-31(29)40)15-28-17-26(13-14-36-28)30-21-39(20-24-6-4-5-23(16-24)18-35)38-32(30)25-9-11-27(34)12-10-25/h2-14,16-17,21-22,40H,15,19-20H2,1H3,(H,37,41). The molecule has 1 amide bonds. The first-order chi connectivity index (χ1) is 19.9. The van der Waals surface area contributed by atoms with E-state index in [0.29, 0.717) is 30.8 Å². The number of pyridine rings is 1. The van der Waals surface area contributed by atoms with Gasteiger partial charge in [0.2, 0.25) is 0 Å². The number of aromatic nitrogens is 3. The van der Waals surface area contributed by atoms with E-state index >= 15 is 0 Å². The first-order valence-corrected chi connectivity index (χ1v) is 13.2. The topological polar surface area (TPSA) is 104 Å². The third kappa shape index (κ3) is 6.65. The summed E-state index contributed by atoms with van der Waals surface area (Å²) in [4.78, 5) is 17.0. The zero-order chi connectivity index (χ0) is 28.8. The Hall–Kier alpha value is -5.29. The van der Waals surface area contributed by atoms with Gasteiger partial charge in [0, 0.05) is 35.8 Å². The number of nitriles is 1. The molecule has 0 saturated carbocycles. The number of benzene rings is 3. The Balaban J connectivity index is 1.37. The molecule has 2 N–H and O–H groups in total. The van der Waals surface area contributed by atoms with Gasteiger partial charge in [-0.25, -0.2) is 4.39 Å². The van der Waals surface area contributed by atoms with E-state index in [2.05, 4.69) is 16.4 Å². The van der Waals surface area contributed by atoms with E-state index in [4.69, 9.17) is 5.10 Å². The number of rotatable bonds is 9. The third-order valence-corrected chi connectivity index (χ3v) is 6.72. The molecule has 8 heteroatoms. The average Bonchev–Trinajstić information content (AvgIpc) is 3.40. The molecule has 0 bridgehead atoms. The normalized spacial score (nSPS) is 11.5. The minimum atomic E-state index is -0.326. The van der Waals surface area contributed by atoms with Crippen LogP contribution < -0.4 is 5.32 Å². The van der Waals surface area contributed by atoms with Crippen molar-refractivity contribution in [2.75, 3.05) is 6.54 Å². The van der Waals surface area contributed by atoms with Gasteiger partial charge in [0.25, 0.3) is 5.91 Å². The average molecular weight is 546 g/mol. The van der Waals surface area contributed by atoms with E-state index in [9.17, 15) is 19.6 Å². The predicted octanol–water partition coefficient (Wildman–Crippen LogP) is 5.99. The summed E-state index contributed by atoms with van der Waals surface area (Å²) in [6, 6.07) is 26.2. The highest BCUT2D eigenvalue weighted by Gasteiger charge is 2.16. The SMILES string of the molecule is CC(CNC(=O)c1ccccc1O)Cc1cc(-c2cn(Cc3cccc(C#N)c3)nc2-c2ccc(F)cc2)ccn1. The summed E-state index contributed by atoms with van der Waals surface area (Å²) in [7, 11) is 0. The Bertz CT molecular complexity index is 1720. The highest BCUT2D eigenvalue weighted by atomic mass is 19.1. The van der Waals surface area contributed by atoms with Gasteiger partial charge in [0.1, 0.15) is 17.3 Å². The fourth-order valence-corrected chi connectivity index (χ4v) is 4.68. The smallest absolute Gasteiger partial charge is 0.255 e. The Morgan fingerprint density at radius 1 is 1.05 bits per heavy atom. The van der Waals surface area contributed by atoms with Crippen molar-refractivity contribution in [2.45, 2.75) is 19.9 Å². The van der Waals surface area contributed by atoms with Crippen LogP contribution in [0.2, 0.25) is 0 Å². The van der Waals surface area contributed by atoms with Crippen molar-refractivity contribution in [1.82, 2.24) is 20.1 Å². The van der Waals surface area contributed by atoms with Gasteiger partial charge in [-0.1, -0.05) is 31.2 Å². The van der Waals surface area contributed by atoms with E-state index in [0.717, 1.165) is 27.9 Å². The lowest BCUT2D eigenvalue weighted by Crippen LogP contribution is -2.29. The molecule has 2 aromatic heterocycles. The number of phenolic OH excluding ortho intramolecular Hbond substituents is 1. The van der Waals surface area contributed by atoms with Gasteiger partial charge < -0.3 is 10.4 Å². The number of carbonyl (C=O) groups excluding carboxylic acids is 1. The lowest BCUT2D eigenvalue weighted by Gasteiger charge is -2.13. The maximum atomic E-state index is 13.7. The van der Waals surface area contributed by atoms with Crippen LogP contribution in [0.3, 0.4) is 0 Å². The van der Waals surface area contributed by atoms with Crippen molar-refractivity contribution in [3.8, 4) is 34.2 Å². The number of nitrogens with one attached hydrogen (secondary N) is 1. The summed E-state index contributed by atoms with van der Waals surface area (Å²) in [6.45, 7) is 2.91. The maximum absolute atomic E-state index is 13.7. The monoisotopic (exact) mass is 545 g/mol. The first-order valence-electron chi connectivity index (χ1n) is 13.2. The number of phenols is 1. The van der Waals surface area contributed by atoms with Crippen LogP contribution in [0.5, 0.6) is 5.75 Å². The molecule has 41 heavy (non-hydrogen) atoms. The summed E-state index contributed by atoms with van der Waals surface area (Å²) in [5, 5.41) is 26.9. The van der Waals surface area contributed by atoms with Crippen LogP contribution in [0.25, 0.3) is 22.4 Å². The second-order valence-corrected chi connectivity index (χ2v) is 9.98. The number of hydrogen-bond donors (Lipinski definition) is 2. The molecule has 0 aliphatic rings. The van der Waals surface area contributed by atoms with Crippen LogP contribution in [-0.2, 0) is 13.0 Å². The summed E-state index contributed by atoms with van der Waals surface area (Å²) in [5.41, 5.74) is 5.90. The summed E-state index contributed by atoms with van der Waals surface area (Å²) in [5.74, 6) is -0.618. The van der Waals surface area contributed by atoms with E-state index in [1.165, 1.54) is 18.2 Å².